The van der Waals surface area contributed by atoms with Crippen molar-refractivity contribution in [2.75, 3.05) is 6.54 Å². The van der Waals surface area contributed by atoms with Crippen LogP contribution in [0.15, 0.2) is 47.8 Å². The van der Waals surface area contributed by atoms with E-state index in [1.54, 1.807) is 17.5 Å². The average Bonchev–Trinajstić information content (AvgIpc) is 3.09. The molecule has 0 aliphatic rings. The molecule has 1 atom stereocenters. The highest BCUT2D eigenvalue weighted by molar-refractivity contribution is 7.12. The first-order valence-electron chi connectivity index (χ1n) is 7.42. The van der Waals surface area contributed by atoms with E-state index in [4.69, 9.17) is 0 Å². The molecule has 0 saturated carbocycles. The van der Waals surface area contributed by atoms with E-state index in [2.05, 4.69) is 10.6 Å². The summed E-state index contributed by atoms with van der Waals surface area (Å²) >= 11 is 1.28. The molecule has 126 valence electrons. The third kappa shape index (κ3) is 5.51. The highest BCUT2D eigenvalue weighted by Crippen LogP contribution is 2.10. The number of aliphatic carboxylic acids is 1. The normalized spacial score (nSPS) is 11.5. The number of benzene rings is 1. The van der Waals surface area contributed by atoms with Gasteiger partial charge in [-0.15, -0.1) is 11.3 Å². The van der Waals surface area contributed by atoms with Crippen molar-refractivity contribution in [1.29, 1.82) is 0 Å². The van der Waals surface area contributed by atoms with E-state index in [0.717, 1.165) is 5.56 Å². The smallest absolute Gasteiger partial charge is 0.262 e. The predicted molar refractivity (Wildman–Crippen MR) is 88.4 cm³/mol. The quantitative estimate of drug-likeness (QED) is 0.721. The van der Waals surface area contributed by atoms with Gasteiger partial charge in [-0.2, -0.15) is 0 Å². The van der Waals surface area contributed by atoms with Gasteiger partial charge < -0.3 is 20.5 Å². The summed E-state index contributed by atoms with van der Waals surface area (Å²) in [7, 11) is 0. The first-order valence-corrected chi connectivity index (χ1v) is 8.30. The molecular weight excluding hydrogens is 328 g/mol. The summed E-state index contributed by atoms with van der Waals surface area (Å²) in [6, 6.07) is 11.9. The zero-order valence-electron chi connectivity index (χ0n) is 12.9. The third-order valence-electron chi connectivity index (χ3n) is 3.28. The van der Waals surface area contributed by atoms with Crippen LogP contribution in [0.3, 0.4) is 0 Å². The van der Waals surface area contributed by atoms with Crippen molar-refractivity contribution < 1.29 is 19.5 Å². The van der Waals surface area contributed by atoms with E-state index in [1.807, 2.05) is 30.3 Å². The van der Waals surface area contributed by atoms with Gasteiger partial charge in [0.1, 0.15) is 6.04 Å². The van der Waals surface area contributed by atoms with Crippen molar-refractivity contribution in [3.8, 4) is 0 Å². The van der Waals surface area contributed by atoms with Crippen molar-refractivity contribution in [1.82, 2.24) is 10.6 Å². The Kier molecular flexibility index (Phi) is 6.51. The van der Waals surface area contributed by atoms with Gasteiger partial charge in [-0.3, -0.25) is 9.59 Å². The Morgan fingerprint density at radius 2 is 1.83 bits per heavy atom. The zero-order chi connectivity index (χ0) is 17.4. The van der Waals surface area contributed by atoms with Crippen molar-refractivity contribution >= 4 is 29.1 Å². The molecule has 0 aliphatic carbocycles. The standard InChI is InChI=1S/C17H18N2O4S/c20-15(21)8-9-18-16(22)13(11-12-5-2-1-3-6-12)19-17(23)14-7-4-10-24-14/h1-7,10,13H,8-9,11H2,(H,18,22)(H,19,23)(H,20,21)/p-1/t13-/m0/s1. The number of carbonyl (C=O) groups excluding carboxylic acids is 3. The number of nitrogens with one attached hydrogen (secondary N) is 2. The van der Waals surface area contributed by atoms with Gasteiger partial charge in [0.25, 0.3) is 5.91 Å². The highest BCUT2D eigenvalue weighted by atomic mass is 32.1. The Morgan fingerprint density at radius 1 is 1.08 bits per heavy atom. The summed E-state index contributed by atoms with van der Waals surface area (Å²) in [5.41, 5.74) is 0.893. The molecule has 2 N–H and O–H groups in total. The van der Waals surface area contributed by atoms with Crippen molar-refractivity contribution in [2.24, 2.45) is 0 Å². The van der Waals surface area contributed by atoms with Gasteiger partial charge in [0.05, 0.1) is 4.88 Å². The zero-order valence-corrected chi connectivity index (χ0v) is 13.7. The molecule has 7 heteroatoms. The lowest BCUT2D eigenvalue weighted by molar-refractivity contribution is -0.305. The molecule has 2 aromatic rings. The Bertz CT molecular complexity index is 686. The molecule has 24 heavy (non-hydrogen) atoms. The molecule has 1 aromatic carbocycles. The summed E-state index contributed by atoms with van der Waals surface area (Å²) in [5, 5.41) is 17.4. The van der Waals surface area contributed by atoms with Gasteiger partial charge in [-0.05, 0) is 17.0 Å². The Hall–Kier alpha value is -2.67. The second-order valence-electron chi connectivity index (χ2n) is 5.11. The van der Waals surface area contributed by atoms with Crippen molar-refractivity contribution in [3.63, 3.8) is 0 Å². The molecular formula is C17H17N2O4S-. The number of amides is 2. The summed E-state index contributed by atoms with van der Waals surface area (Å²) in [4.78, 5) is 35.5. The monoisotopic (exact) mass is 345 g/mol. The molecule has 0 fully saturated rings. The molecule has 1 aromatic heterocycles. The Labute approximate surface area is 143 Å². The molecule has 0 aliphatic heterocycles. The van der Waals surface area contributed by atoms with Crippen LogP contribution < -0.4 is 15.7 Å². The van der Waals surface area contributed by atoms with E-state index in [9.17, 15) is 19.5 Å². The Morgan fingerprint density at radius 3 is 2.46 bits per heavy atom. The number of thiophene rings is 1. The van der Waals surface area contributed by atoms with Crippen LogP contribution in [-0.2, 0) is 16.0 Å². The average molecular weight is 345 g/mol. The number of carboxylic acid groups (broad SMARTS) is 1. The first-order chi connectivity index (χ1) is 11.6. The number of hydrogen-bond acceptors (Lipinski definition) is 5. The lowest BCUT2D eigenvalue weighted by Gasteiger charge is -2.18. The van der Waals surface area contributed by atoms with E-state index >= 15 is 0 Å². The minimum atomic E-state index is -1.24. The number of hydrogen-bond donors (Lipinski definition) is 2. The van der Waals surface area contributed by atoms with Gasteiger partial charge in [-0.25, -0.2) is 0 Å². The first kappa shape index (κ1) is 17.7. The fourth-order valence-electron chi connectivity index (χ4n) is 2.11. The van der Waals surface area contributed by atoms with E-state index < -0.39 is 17.9 Å². The van der Waals surface area contributed by atoms with Gasteiger partial charge >= 0.3 is 0 Å². The molecule has 6 nitrogen and oxygen atoms in total. The maximum absolute atomic E-state index is 12.3. The maximum Gasteiger partial charge on any atom is 0.262 e. The highest BCUT2D eigenvalue weighted by Gasteiger charge is 2.22. The van der Waals surface area contributed by atoms with Crippen LogP contribution in [0.5, 0.6) is 0 Å². The minimum Gasteiger partial charge on any atom is -0.550 e. The van der Waals surface area contributed by atoms with Crippen LogP contribution >= 0.6 is 11.3 Å². The second-order valence-corrected chi connectivity index (χ2v) is 6.05. The minimum absolute atomic E-state index is 0.0403. The van der Waals surface area contributed by atoms with E-state index in [-0.39, 0.29) is 18.9 Å². The molecule has 0 radical (unpaired) electrons. The molecule has 0 bridgehead atoms. The van der Waals surface area contributed by atoms with E-state index in [1.165, 1.54) is 11.3 Å². The maximum atomic E-state index is 12.3. The lowest BCUT2D eigenvalue weighted by Crippen LogP contribution is -2.48. The fraction of sp³-hybridized carbons (Fsp3) is 0.235. The van der Waals surface area contributed by atoms with Gasteiger partial charge in [-0.1, -0.05) is 36.4 Å². The molecule has 0 unspecified atom stereocenters. The van der Waals surface area contributed by atoms with E-state index in [0.29, 0.717) is 11.3 Å². The summed E-state index contributed by atoms with van der Waals surface area (Å²) in [6.07, 6.45) is 0.0395. The van der Waals surface area contributed by atoms with Gasteiger partial charge in [0.2, 0.25) is 5.91 Å². The van der Waals surface area contributed by atoms with Crippen LogP contribution in [0.1, 0.15) is 21.7 Å². The van der Waals surface area contributed by atoms with Crippen molar-refractivity contribution in [3.05, 3.63) is 58.3 Å². The van der Waals surface area contributed by atoms with Crippen LogP contribution in [0.2, 0.25) is 0 Å². The summed E-state index contributed by atoms with van der Waals surface area (Å²) < 4.78 is 0. The molecule has 2 amide bonds. The summed E-state index contributed by atoms with van der Waals surface area (Å²) in [5.74, 6) is -2.00. The second kappa shape index (κ2) is 8.83. The molecule has 0 spiro atoms. The van der Waals surface area contributed by atoms with Gasteiger partial charge in [0, 0.05) is 25.4 Å². The number of carbonyl (C=O) groups is 3. The van der Waals surface area contributed by atoms with Gasteiger partial charge in [0.15, 0.2) is 0 Å². The lowest BCUT2D eigenvalue weighted by atomic mass is 10.1. The van der Waals surface area contributed by atoms with Crippen molar-refractivity contribution in [2.45, 2.75) is 18.9 Å². The predicted octanol–water partition coefficient (Wildman–Crippen LogP) is 0.345. The van der Waals surface area contributed by atoms with Crippen LogP contribution in [0.4, 0.5) is 0 Å². The summed E-state index contributed by atoms with van der Waals surface area (Å²) in [6.45, 7) is -0.0403. The number of rotatable bonds is 8. The Balaban J connectivity index is 2.04. The molecule has 2 rings (SSSR count). The topological polar surface area (TPSA) is 98.3 Å². The van der Waals surface area contributed by atoms with Crippen LogP contribution in [-0.4, -0.2) is 30.4 Å². The van der Waals surface area contributed by atoms with Crippen LogP contribution in [0, 0.1) is 0 Å². The molecule has 1 heterocycles. The van der Waals surface area contributed by atoms with Crippen LogP contribution in [0.25, 0.3) is 0 Å². The third-order valence-corrected chi connectivity index (χ3v) is 4.15. The largest absolute Gasteiger partial charge is 0.550 e. The fourth-order valence-corrected chi connectivity index (χ4v) is 2.73. The number of carboxylic acids is 1. The SMILES string of the molecule is O=C([O-])CCNC(=O)[C@H](Cc1ccccc1)NC(=O)c1cccs1. The molecule has 0 saturated heterocycles.